The van der Waals surface area contributed by atoms with Gasteiger partial charge in [0.1, 0.15) is 0 Å². The number of para-hydroxylation sites is 3. The highest BCUT2D eigenvalue weighted by Gasteiger charge is 2.14. The summed E-state index contributed by atoms with van der Waals surface area (Å²) in [5.41, 5.74) is 8.54. The van der Waals surface area contributed by atoms with Crippen LogP contribution in [-0.4, -0.2) is 9.55 Å². The molecule has 3 aromatic heterocycles. The van der Waals surface area contributed by atoms with Gasteiger partial charge in [-0.15, -0.1) is 11.3 Å². The first kappa shape index (κ1) is 20.6. The van der Waals surface area contributed by atoms with Gasteiger partial charge in [-0.3, -0.25) is 0 Å². The summed E-state index contributed by atoms with van der Waals surface area (Å²) in [6, 6.07) is 46.0. The summed E-state index contributed by atoms with van der Waals surface area (Å²) in [5, 5.41) is 5.12. The molecule has 174 valence electrons. The Balaban J connectivity index is 1.25. The van der Waals surface area contributed by atoms with Crippen molar-refractivity contribution in [2.75, 3.05) is 0 Å². The topological polar surface area (TPSA) is 20.7 Å². The second kappa shape index (κ2) is 7.95. The molecule has 8 rings (SSSR count). The predicted molar refractivity (Wildman–Crippen MR) is 159 cm³/mol. The van der Waals surface area contributed by atoms with E-state index in [2.05, 4.69) is 137 Å². The SMILES string of the molecule is c1ccc(-n2c3ccccc3c3cc(-c4ccc(-c5ccc6[nH]c7ccccc7c6c5)s4)ccc32)cc1. The van der Waals surface area contributed by atoms with Crippen molar-refractivity contribution in [2.45, 2.75) is 0 Å². The lowest BCUT2D eigenvalue weighted by molar-refractivity contribution is 1.18. The fraction of sp³-hybridized carbons (Fsp3) is 0. The molecule has 0 aliphatic rings. The van der Waals surface area contributed by atoms with Gasteiger partial charge in [0.05, 0.1) is 11.0 Å². The maximum Gasteiger partial charge on any atom is 0.0541 e. The van der Waals surface area contributed by atoms with Crippen LogP contribution in [0.5, 0.6) is 0 Å². The molecule has 0 spiro atoms. The molecule has 0 radical (unpaired) electrons. The third-order valence-corrected chi connectivity index (χ3v) is 8.55. The van der Waals surface area contributed by atoms with E-state index in [0.29, 0.717) is 0 Å². The lowest BCUT2D eigenvalue weighted by atomic mass is 10.1. The third-order valence-electron chi connectivity index (χ3n) is 7.37. The van der Waals surface area contributed by atoms with Gasteiger partial charge in [-0.2, -0.15) is 0 Å². The highest BCUT2D eigenvalue weighted by atomic mass is 32.1. The summed E-state index contributed by atoms with van der Waals surface area (Å²) in [7, 11) is 0. The van der Waals surface area contributed by atoms with Gasteiger partial charge in [0, 0.05) is 48.0 Å². The Labute approximate surface area is 218 Å². The highest BCUT2D eigenvalue weighted by molar-refractivity contribution is 7.18. The number of nitrogens with one attached hydrogen (secondary N) is 1. The number of aromatic amines is 1. The molecule has 0 saturated heterocycles. The third kappa shape index (κ3) is 3.18. The molecule has 3 heterocycles. The molecular formula is C34H22N2S. The maximum atomic E-state index is 3.53. The van der Waals surface area contributed by atoms with E-state index >= 15 is 0 Å². The van der Waals surface area contributed by atoms with Gasteiger partial charge in [-0.05, 0) is 71.8 Å². The Morgan fingerprint density at radius 2 is 1.08 bits per heavy atom. The minimum atomic E-state index is 1.18. The van der Waals surface area contributed by atoms with Crippen LogP contribution in [0.2, 0.25) is 0 Å². The van der Waals surface area contributed by atoms with Crippen molar-refractivity contribution in [1.82, 2.24) is 9.55 Å². The van der Waals surface area contributed by atoms with E-state index in [1.807, 2.05) is 11.3 Å². The summed E-state index contributed by atoms with van der Waals surface area (Å²) in [6.07, 6.45) is 0. The lowest BCUT2D eigenvalue weighted by Gasteiger charge is -2.07. The van der Waals surface area contributed by atoms with Gasteiger partial charge < -0.3 is 9.55 Å². The van der Waals surface area contributed by atoms with E-state index in [0.717, 1.165) is 0 Å². The van der Waals surface area contributed by atoms with Crippen LogP contribution < -0.4 is 0 Å². The second-order valence-corrected chi connectivity index (χ2v) is 10.6. The fourth-order valence-corrected chi connectivity index (χ4v) is 6.63. The van der Waals surface area contributed by atoms with E-state index < -0.39 is 0 Å². The van der Waals surface area contributed by atoms with Gasteiger partial charge in [0.25, 0.3) is 0 Å². The Kier molecular flexibility index (Phi) is 4.42. The number of aromatic nitrogens is 2. The molecule has 5 aromatic carbocycles. The summed E-state index contributed by atoms with van der Waals surface area (Å²) in [6.45, 7) is 0. The summed E-state index contributed by atoms with van der Waals surface area (Å²) in [5.74, 6) is 0. The number of rotatable bonds is 3. The minimum Gasteiger partial charge on any atom is -0.355 e. The zero-order valence-corrected chi connectivity index (χ0v) is 20.8. The van der Waals surface area contributed by atoms with Crippen molar-refractivity contribution in [3.8, 4) is 26.6 Å². The van der Waals surface area contributed by atoms with Crippen LogP contribution >= 0.6 is 11.3 Å². The average Bonchev–Trinajstić information content (AvgIpc) is 3.67. The molecular weight excluding hydrogens is 468 g/mol. The monoisotopic (exact) mass is 490 g/mol. The van der Waals surface area contributed by atoms with Crippen LogP contribution in [0.1, 0.15) is 0 Å². The van der Waals surface area contributed by atoms with E-state index in [9.17, 15) is 0 Å². The molecule has 8 aromatic rings. The number of nitrogens with zero attached hydrogens (tertiary/aromatic N) is 1. The summed E-state index contributed by atoms with van der Waals surface area (Å²) >= 11 is 1.86. The fourth-order valence-electron chi connectivity index (χ4n) is 5.63. The van der Waals surface area contributed by atoms with Gasteiger partial charge in [0.2, 0.25) is 0 Å². The van der Waals surface area contributed by atoms with Gasteiger partial charge >= 0.3 is 0 Å². The Hall–Kier alpha value is -4.60. The number of hydrogen-bond acceptors (Lipinski definition) is 1. The van der Waals surface area contributed by atoms with Crippen molar-refractivity contribution < 1.29 is 0 Å². The van der Waals surface area contributed by atoms with E-state index in [4.69, 9.17) is 0 Å². The first-order chi connectivity index (χ1) is 18.3. The zero-order valence-electron chi connectivity index (χ0n) is 20.0. The first-order valence-corrected chi connectivity index (χ1v) is 13.3. The minimum absolute atomic E-state index is 1.18. The van der Waals surface area contributed by atoms with Crippen LogP contribution in [-0.2, 0) is 0 Å². The molecule has 0 unspecified atom stereocenters. The van der Waals surface area contributed by atoms with Crippen LogP contribution in [0, 0.1) is 0 Å². The van der Waals surface area contributed by atoms with Crippen LogP contribution in [0.15, 0.2) is 127 Å². The smallest absolute Gasteiger partial charge is 0.0541 e. The standard InChI is InChI=1S/C34H22N2S/c1-2-8-24(9-3-1)36-31-13-7-5-11-26(31)28-21-23(15-17-32(28)36)34-19-18-33(37-34)22-14-16-30-27(20-22)25-10-4-6-12-29(25)35-30/h1-21,35H. The van der Waals surface area contributed by atoms with Crippen molar-refractivity contribution >= 4 is 54.9 Å². The molecule has 0 saturated carbocycles. The molecule has 0 aliphatic heterocycles. The lowest BCUT2D eigenvalue weighted by Crippen LogP contribution is -1.92. The number of hydrogen-bond donors (Lipinski definition) is 1. The molecule has 0 atom stereocenters. The molecule has 2 nitrogen and oxygen atoms in total. The van der Waals surface area contributed by atoms with E-state index in [1.54, 1.807) is 0 Å². The number of thiophene rings is 1. The van der Waals surface area contributed by atoms with Crippen molar-refractivity contribution in [1.29, 1.82) is 0 Å². The zero-order chi connectivity index (χ0) is 24.3. The van der Waals surface area contributed by atoms with Crippen LogP contribution in [0.25, 0.3) is 70.2 Å². The molecule has 0 fully saturated rings. The predicted octanol–water partition coefficient (Wildman–Crippen LogP) is 9.81. The number of benzene rings is 5. The average molecular weight is 491 g/mol. The normalized spacial score (nSPS) is 11.8. The van der Waals surface area contributed by atoms with Gasteiger partial charge in [0.15, 0.2) is 0 Å². The Morgan fingerprint density at radius 1 is 0.459 bits per heavy atom. The molecule has 0 aliphatic carbocycles. The first-order valence-electron chi connectivity index (χ1n) is 12.5. The highest BCUT2D eigenvalue weighted by Crippen LogP contribution is 2.39. The Morgan fingerprint density at radius 3 is 1.92 bits per heavy atom. The van der Waals surface area contributed by atoms with E-state index in [1.165, 1.54) is 70.2 Å². The summed E-state index contributed by atoms with van der Waals surface area (Å²) in [4.78, 5) is 6.11. The van der Waals surface area contributed by atoms with Crippen molar-refractivity contribution in [3.63, 3.8) is 0 Å². The largest absolute Gasteiger partial charge is 0.355 e. The van der Waals surface area contributed by atoms with Crippen LogP contribution in [0.4, 0.5) is 0 Å². The molecule has 0 bridgehead atoms. The van der Waals surface area contributed by atoms with Gasteiger partial charge in [-0.25, -0.2) is 0 Å². The van der Waals surface area contributed by atoms with Crippen LogP contribution in [0.3, 0.4) is 0 Å². The molecule has 1 N–H and O–H groups in total. The number of fused-ring (bicyclic) bond motifs is 6. The maximum absolute atomic E-state index is 3.53. The second-order valence-electron chi connectivity index (χ2n) is 9.51. The summed E-state index contributed by atoms with van der Waals surface area (Å²) < 4.78 is 2.37. The molecule has 0 amide bonds. The molecule has 37 heavy (non-hydrogen) atoms. The molecule has 3 heteroatoms. The van der Waals surface area contributed by atoms with Gasteiger partial charge in [-0.1, -0.05) is 66.7 Å². The quantitative estimate of drug-likeness (QED) is 0.254. The van der Waals surface area contributed by atoms with Crippen molar-refractivity contribution in [3.05, 3.63) is 127 Å². The van der Waals surface area contributed by atoms with Crippen molar-refractivity contribution in [2.24, 2.45) is 0 Å². The Bertz CT molecular complexity index is 2090. The number of H-pyrrole nitrogens is 1. The van der Waals surface area contributed by atoms with E-state index in [-0.39, 0.29) is 0 Å².